The van der Waals surface area contributed by atoms with Crippen LogP contribution in [-0.2, 0) is 11.3 Å². The van der Waals surface area contributed by atoms with Crippen molar-refractivity contribution in [1.29, 1.82) is 0 Å². The molecule has 5 atom stereocenters. The van der Waals surface area contributed by atoms with E-state index in [0.717, 1.165) is 30.0 Å². The number of ether oxygens (including phenoxy) is 2. The van der Waals surface area contributed by atoms with Crippen LogP contribution < -0.4 is 14.8 Å². The molecule has 3 aromatic rings. The lowest BCUT2D eigenvalue weighted by Gasteiger charge is -2.56. The summed E-state index contributed by atoms with van der Waals surface area (Å²) in [5.74, 6) is 0.641. The van der Waals surface area contributed by atoms with Crippen LogP contribution >= 0.6 is 0 Å². The summed E-state index contributed by atoms with van der Waals surface area (Å²) in [4.78, 5) is 14.7. The van der Waals surface area contributed by atoms with Gasteiger partial charge in [-0.2, -0.15) is 0 Å². The van der Waals surface area contributed by atoms with Crippen molar-refractivity contribution in [1.82, 2.24) is 10.2 Å². The molecule has 0 aliphatic carbocycles. The van der Waals surface area contributed by atoms with Crippen molar-refractivity contribution in [2.24, 2.45) is 11.8 Å². The number of piperidine rings is 3. The van der Waals surface area contributed by atoms with Crippen molar-refractivity contribution >= 4 is 5.97 Å². The van der Waals surface area contributed by atoms with E-state index in [9.17, 15) is 9.90 Å². The van der Waals surface area contributed by atoms with E-state index in [1.807, 2.05) is 30.3 Å². The second-order valence-electron chi connectivity index (χ2n) is 9.77. The number of carboxylic acids is 1. The van der Waals surface area contributed by atoms with Crippen LogP contribution in [-0.4, -0.2) is 55.4 Å². The van der Waals surface area contributed by atoms with Crippen molar-refractivity contribution in [2.45, 2.75) is 31.0 Å². The molecule has 3 aliphatic heterocycles. The lowest BCUT2D eigenvalue weighted by atomic mass is 9.66. The molecule has 0 saturated carbocycles. The van der Waals surface area contributed by atoms with Gasteiger partial charge in [0.2, 0.25) is 0 Å². The summed E-state index contributed by atoms with van der Waals surface area (Å²) in [6, 6.07) is 27.1. The molecule has 188 valence electrons. The molecule has 36 heavy (non-hydrogen) atoms. The van der Waals surface area contributed by atoms with Gasteiger partial charge in [-0.25, -0.2) is 0 Å². The van der Waals surface area contributed by atoms with E-state index in [-0.39, 0.29) is 29.8 Å². The summed E-state index contributed by atoms with van der Waals surface area (Å²) in [7, 11) is 3.33. The van der Waals surface area contributed by atoms with E-state index < -0.39 is 5.97 Å². The zero-order valence-electron chi connectivity index (χ0n) is 20.8. The number of hydrogen-bond donors (Lipinski definition) is 2. The Hall–Kier alpha value is -3.35. The highest BCUT2D eigenvalue weighted by Gasteiger charge is 2.52. The molecule has 3 fully saturated rings. The fourth-order valence-electron chi connectivity index (χ4n) is 6.28. The molecule has 6 nitrogen and oxygen atoms in total. The van der Waals surface area contributed by atoms with Crippen LogP contribution in [0.3, 0.4) is 0 Å². The molecule has 3 aromatic carbocycles. The van der Waals surface area contributed by atoms with Crippen LogP contribution in [0.5, 0.6) is 11.5 Å². The van der Waals surface area contributed by atoms with Crippen LogP contribution in [0.4, 0.5) is 0 Å². The van der Waals surface area contributed by atoms with Crippen molar-refractivity contribution in [3.8, 4) is 11.5 Å². The molecule has 6 heteroatoms. The number of carbonyl (C=O) groups is 1. The van der Waals surface area contributed by atoms with Gasteiger partial charge in [-0.1, -0.05) is 60.7 Å². The predicted molar refractivity (Wildman–Crippen MR) is 139 cm³/mol. The molecule has 1 unspecified atom stereocenters. The molecule has 0 radical (unpaired) electrons. The highest BCUT2D eigenvalue weighted by atomic mass is 16.5. The number of fused-ring (bicyclic) bond motifs is 3. The first-order chi connectivity index (χ1) is 17.6. The molecule has 3 heterocycles. The van der Waals surface area contributed by atoms with Crippen molar-refractivity contribution in [2.75, 3.05) is 27.3 Å². The number of nitrogens with one attached hydrogen (secondary N) is 1. The maximum absolute atomic E-state index is 12.3. The summed E-state index contributed by atoms with van der Waals surface area (Å²) in [5.41, 5.74) is 3.49. The number of carboxylic acid groups (broad SMARTS) is 1. The average molecular weight is 487 g/mol. The molecule has 6 rings (SSSR count). The molecule has 2 bridgehead atoms. The first-order valence-electron chi connectivity index (χ1n) is 12.6. The number of hydrogen-bond acceptors (Lipinski definition) is 5. The molecular weight excluding hydrogens is 452 g/mol. The minimum atomic E-state index is -0.704. The Bertz CT molecular complexity index is 1130. The second-order valence-corrected chi connectivity index (χ2v) is 9.77. The SMILES string of the molecule is COc1ccc(OC)c(CN[C@H]2[C@H]3CCN(C[C@@H]3C(=O)O)[C@@H]2C(c2ccccc2)c2ccccc2)c1. The molecule has 0 amide bonds. The van der Waals surface area contributed by atoms with E-state index in [4.69, 9.17) is 9.47 Å². The molecule has 0 aromatic heterocycles. The minimum Gasteiger partial charge on any atom is -0.497 e. The molecule has 3 aliphatic rings. The highest BCUT2D eigenvalue weighted by molar-refractivity contribution is 5.71. The van der Waals surface area contributed by atoms with Crippen LogP contribution in [0.25, 0.3) is 0 Å². The van der Waals surface area contributed by atoms with Gasteiger partial charge in [0.25, 0.3) is 0 Å². The van der Waals surface area contributed by atoms with E-state index in [1.165, 1.54) is 11.1 Å². The van der Waals surface area contributed by atoms with Gasteiger partial charge < -0.3 is 19.9 Å². The normalized spacial score (nSPS) is 25.0. The summed E-state index contributed by atoms with van der Waals surface area (Å²) >= 11 is 0. The maximum Gasteiger partial charge on any atom is 0.308 e. The lowest BCUT2D eigenvalue weighted by Crippen LogP contribution is -2.68. The fraction of sp³-hybridized carbons (Fsp3) is 0.367. The maximum atomic E-state index is 12.3. The Kier molecular flexibility index (Phi) is 7.25. The molecule has 3 saturated heterocycles. The quantitative estimate of drug-likeness (QED) is 0.467. The van der Waals surface area contributed by atoms with E-state index in [2.05, 4.69) is 58.7 Å². The van der Waals surface area contributed by atoms with Gasteiger partial charge in [-0.3, -0.25) is 9.69 Å². The third-order valence-corrected chi connectivity index (χ3v) is 7.94. The monoisotopic (exact) mass is 486 g/mol. The van der Waals surface area contributed by atoms with Crippen molar-refractivity contribution < 1.29 is 19.4 Å². The third-order valence-electron chi connectivity index (χ3n) is 7.94. The number of rotatable bonds is 9. The van der Waals surface area contributed by atoms with Gasteiger partial charge >= 0.3 is 5.97 Å². The zero-order chi connectivity index (χ0) is 25.1. The van der Waals surface area contributed by atoms with Gasteiger partial charge in [-0.15, -0.1) is 0 Å². The van der Waals surface area contributed by atoms with Crippen LogP contribution in [0, 0.1) is 11.8 Å². The molecule has 0 spiro atoms. The lowest BCUT2D eigenvalue weighted by molar-refractivity contribution is -0.152. The number of methoxy groups -OCH3 is 2. The van der Waals surface area contributed by atoms with Gasteiger partial charge in [0, 0.05) is 36.7 Å². The highest BCUT2D eigenvalue weighted by Crippen LogP contribution is 2.44. The van der Waals surface area contributed by atoms with Crippen LogP contribution in [0.1, 0.15) is 29.0 Å². The van der Waals surface area contributed by atoms with Crippen LogP contribution in [0.2, 0.25) is 0 Å². The predicted octanol–water partition coefficient (Wildman–Crippen LogP) is 4.40. The van der Waals surface area contributed by atoms with E-state index in [1.54, 1.807) is 14.2 Å². The Morgan fingerprint density at radius 3 is 2.25 bits per heavy atom. The fourth-order valence-corrected chi connectivity index (χ4v) is 6.28. The van der Waals surface area contributed by atoms with Gasteiger partial charge in [0.1, 0.15) is 11.5 Å². The first kappa shape index (κ1) is 24.3. The number of aliphatic carboxylic acids is 1. The van der Waals surface area contributed by atoms with Crippen molar-refractivity contribution in [3.63, 3.8) is 0 Å². The van der Waals surface area contributed by atoms with Gasteiger partial charge in [-0.05, 0) is 48.2 Å². The standard InChI is InChI=1S/C30H34N2O4/c1-35-23-13-14-26(36-2)22(17-23)18-31-28-24-15-16-32(19-25(24)30(33)34)29(28)27(20-9-5-3-6-10-20)21-11-7-4-8-12-21/h3-14,17,24-25,27-29,31H,15-16,18-19H2,1-2H3,(H,33,34)/t24-,25-,28-,29+/m0/s1. The average Bonchev–Trinajstić information content (AvgIpc) is 2.93. The Balaban J connectivity index is 1.54. The summed E-state index contributed by atoms with van der Waals surface area (Å²) in [6.07, 6.45) is 0.872. The Labute approximate surface area is 212 Å². The second kappa shape index (κ2) is 10.7. The summed E-state index contributed by atoms with van der Waals surface area (Å²) < 4.78 is 11.1. The summed E-state index contributed by atoms with van der Waals surface area (Å²) in [5, 5.41) is 13.9. The van der Waals surface area contributed by atoms with E-state index >= 15 is 0 Å². The minimum absolute atomic E-state index is 0.00470. The van der Waals surface area contributed by atoms with E-state index in [0.29, 0.717) is 13.1 Å². The van der Waals surface area contributed by atoms with Crippen LogP contribution in [0.15, 0.2) is 78.9 Å². The number of nitrogens with zero attached hydrogens (tertiary/aromatic N) is 1. The van der Waals surface area contributed by atoms with Gasteiger partial charge in [0.05, 0.1) is 20.1 Å². The molecule has 2 N–H and O–H groups in total. The smallest absolute Gasteiger partial charge is 0.308 e. The molecular formula is C30H34N2O4. The third kappa shape index (κ3) is 4.71. The summed E-state index contributed by atoms with van der Waals surface area (Å²) in [6.45, 7) is 2.06. The topological polar surface area (TPSA) is 71.0 Å². The number of benzene rings is 3. The van der Waals surface area contributed by atoms with Gasteiger partial charge in [0.15, 0.2) is 0 Å². The zero-order valence-corrected chi connectivity index (χ0v) is 20.8. The largest absolute Gasteiger partial charge is 0.497 e. The van der Waals surface area contributed by atoms with Crippen molar-refractivity contribution in [3.05, 3.63) is 95.6 Å². The Morgan fingerprint density at radius 2 is 1.67 bits per heavy atom. The first-order valence-corrected chi connectivity index (χ1v) is 12.6. The Morgan fingerprint density at radius 1 is 1.00 bits per heavy atom.